The highest BCUT2D eigenvalue weighted by molar-refractivity contribution is 6.46. The quantitative estimate of drug-likeness (QED) is 0.321. The van der Waals surface area contributed by atoms with Gasteiger partial charge in [0.2, 0.25) is 0 Å². The Morgan fingerprint density at radius 2 is 1.24 bits per heavy atom. The molecule has 102 valence electrons. The minimum Gasteiger partial charge on any atom is -0.207 e. The van der Waals surface area contributed by atoms with Crippen LogP contribution < -0.4 is 0 Å². The van der Waals surface area contributed by atoms with Gasteiger partial charge in [0.15, 0.2) is 0 Å². The van der Waals surface area contributed by atoms with Crippen LogP contribution in [0.2, 0.25) is 10.0 Å². The van der Waals surface area contributed by atoms with Crippen LogP contribution in [0.3, 0.4) is 0 Å². The van der Waals surface area contributed by atoms with E-state index in [4.69, 9.17) is 23.2 Å². The lowest BCUT2D eigenvalue weighted by molar-refractivity contribution is 0.630. The first kappa shape index (κ1) is 12.9. The van der Waals surface area contributed by atoms with Crippen LogP contribution in [0.1, 0.15) is 0 Å². The van der Waals surface area contributed by atoms with Crippen LogP contribution in [0.5, 0.6) is 0 Å². The van der Waals surface area contributed by atoms with Crippen molar-refractivity contribution in [3.63, 3.8) is 0 Å². The van der Waals surface area contributed by atoms with E-state index in [9.17, 15) is 4.39 Å². The summed E-state index contributed by atoms with van der Waals surface area (Å²) in [6.07, 6.45) is 0. The molecule has 0 heterocycles. The number of rotatable bonds is 0. The van der Waals surface area contributed by atoms with Crippen LogP contribution in [0.25, 0.3) is 32.3 Å². The first-order valence-corrected chi connectivity index (χ1v) is 7.29. The highest BCUT2D eigenvalue weighted by Crippen LogP contribution is 2.39. The summed E-state index contributed by atoms with van der Waals surface area (Å²) in [6, 6.07) is 16.5. The Hall–Kier alpha value is -1.83. The molecule has 0 saturated carbocycles. The molecule has 0 aliphatic carbocycles. The summed E-state index contributed by atoms with van der Waals surface area (Å²) in [5, 5.41) is 6.54. The van der Waals surface area contributed by atoms with Crippen molar-refractivity contribution in [2.24, 2.45) is 0 Å². The molecule has 0 N–H and O–H groups in total. The molecule has 0 bridgehead atoms. The molecule has 0 aromatic heterocycles. The second-order valence-corrected chi connectivity index (χ2v) is 5.82. The van der Waals surface area contributed by atoms with Gasteiger partial charge < -0.3 is 0 Å². The zero-order valence-corrected chi connectivity index (χ0v) is 12.3. The van der Waals surface area contributed by atoms with E-state index >= 15 is 0 Å². The van der Waals surface area contributed by atoms with E-state index in [1.165, 1.54) is 12.1 Å². The fourth-order valence-electron chi connectivity index (χ4n) is 2.79. The lowest BCUT2D eigenvalue weighted by Crippen LogP contribution is -1.84. The molecule has 3 heteroatoms. The number of benzene rings is 4. The van der Waals surface area contributed by atoms with Gasteiger partial charge in [-0.3, -0.25) is 0 Å². The first-order valence-electron chi connectivity index (χ1n) is 6.54. The lowest BCUT2D eigenvalue weighted by atomic mass is 9.99. The summed E-state index contributed by atoms with van der Waals surface area (Å²) >= 11 is 13.0. The smallest absolute Gasteiger partial charge is 0.123 e. The average molecular weight is 315 g/mol. The van der Waals surface area contributed by atoms with Gasteiger partial charge in [-0.1, -0.05) is 53.5 Å². The van der Waals surface area contributed by atoms with Gasteiger partial charge in [-0.2, -0.15) is 0 Å². The molecule has 4 rings (SSSR count). The van der Waals surface area contributed by atoms with Crippen LogP contribution in [0.4, 0.5) is 4.39 Å². The van der Waals surface area contributed by atoms with E-state index in [0.29, 0.717) is 15.4 Å². The van der Waals surface area contributed by atoms with Gasteiger partial charge in [-0.05, 0) is 35.0 Å². The van der Waals surface area contributed by atoms with E-state index in [0.717, 1.165) is 26.9 Å². The predicted octanol–water partition coefficient (Wildman–Crippen LogP) is 6.59. The van der Waals surface area contributed by atoms with Crippen LogP contribution >= 0.6 is 23.2 Å². The SMILES string of the molecule is Fc1ccc2cc3c(Cl)c4ccccc4cc3c(Cl)c2c1. The van der Waals surface area contributed by atoms with E-state index in [1.54, 1.807) is 6.07 Å². The Morgan fingerprint density at radius 3 is 2.00 bits per heavy atom. The van der Waals surface area contributed by atoms with Crippen molar-refractivity contribution in [1.29, 1.82) is 0 Å². The molecule has 0 aliphatic heterocycles. The molecule has 0 radical (unpaired) electrons. The van der Waals surface area contributed by atoms with Crippen molar-refractivity contribution in [1.82, 2.24) is 0 Å². The third kappa shape index (κ3) is 1.89. The monoisotopic (exact) mass is 314 g/mol. The Morgan fingerprint density at radius 1 is 0.619 bits per heavy atom. The standard InChI is InChI=1S/C18H9Cl2F/c19-17-13-4-2-1-3-10(13)7-16-15(17)8-11-5-6-12(21)9-14(11)18(16)20/h1-9H. The third-order valence-corrected chi connectivity index (χ3v) is 4.63. The first-order chi connectivity index (χ1) is 10.1. The van der Waals surface area contributed by atoms with Gasteiger partial charge in [0.1, 0.15) is 5.82 Å². The lowest BCUT2D eigenvalue weighted by Gasteiger charge is -2.10. The van der Waals surface area contributed by atoms with E-state index in [2.05, 4.69) is 0 Å². The Bertz CT molecular complexity index is 1020. The van der Waals surface area contributed by atoms with Gasteiger partial charge in [0.25, 0.3) is 0 Å². The van der Waals surface area contributed by atoms with E-state index in [-0.39, 0.29) is 5.82 Å². The molecule has 4 aromatic rings. The van der Waals surface area contributed by atoms with Gasteiger partial charge >= 0.3 is 0 Å². The van der Waals surface area contributed by atoms with Gasteiger partial charge in [-0.15, -0.1) is 0 Å². The summed E-state index contributed by atoms with van der Waals surface area (Å²) < 4.78 is 13.5. The van der Waals surface area contributed by atoms with Crippen molar-refractivity contribution in [3.8, 4) is 0 Å². The maximum absolute atomic E-state index is 13.5. The second-order valence-electron chi connectivity index (χ2n) is 5.06. The average Bonchev–Trinajstić information content (AvgIpc) is 2.50. The van der Waals surface area contributed by atoms with Crippen LogP contribution in [0, 0.1) is 5.82 Å². The molecule has 0 aliphatic rings. The molecule has 4 aromatic carbocycles. The molecule has 0 atom stereocenters. The van der Waals surface area contributed by atoms with Crippen LogP contribution in [0.15, 0.2) is 54.6 Å². The zero-order valence-electron chi connectivity index (χ0n) is 10.8. The van der Waals surface area contributed by atoms with Crippen molar-refractivity contribution in [2.75, 3.05) is 0 Å². The molecule has 0 saturated heterocycles. The van der Waals surface area contributed by atoms with Gasteiger partial charge in [0.05, 0.1) is 10.0 Å². The topological polar surface area (TPSA) is 0 Å². The highest BCUT2D eigenvalue weighted by Gasteiger charge is 2.12. The molecule has 0 spiro atoms. The minimum absolute atomic E-state index is 0.296. The largest absolute Gasteiger partial charge is 0.207 e. The maximum Gasteiger partial charge on any atom is 0.123 e. The molecular formula is C18H9Cl2F. The minimum atomic E-state index is -0.296. The van der Waals surface area contributed by atoms with Gasteiger partial charge in [-0.25, -0.2) is 4.39 Å². The van der Waals surface area contributed by atoms with Crippen molar-refractivity contribution < 1.29 is 4.39 Å². The third-order valence-electron chi connectivity index (χ3n) is 3.81. The van der Waals surface area contributed by atoms with Crippen molar-refractivity contribution in [2.45, 2.75) is 0 Å². The van der Waals surface area contributed by atoms with E-state index in [1.807, 2.05) is 36.4 Å². The van der Waals surface area contributed by atoms with Crippen LogP contribution in [-0.2, 0) is 0 Å². The number of hydrogen-bond donors (Lipinski definition) is 0. The van der Waals surface area contributed by atoms with E-state index < -0.39 is 0 Å². The van der Waals surface area contributed by atoms with Gasteiger partial charge in [0, 0.05) is 21.5 Å². The maximum atomic E-state index is 13.5. The summed E-state index contributed by atoms with van der Waals surface area (Å²) in [5.74, 6) is -0.296. The summed E-state index contributed by atoms with van der Waals surface area (Å²) in [7, 11) is 0. The Balaban J connectivity index is 2.28. The fraction of sp³-hybridized carbons (Fsp3) is 0. The predicted molar refractivity (Wildman–Crippen MR) is 88.9 cm³/mol. The van der Waals surface area contributed by atoms with Crippen molar-refractivity contribution >= 4 is 55.5 Å². The Labute approximate surface area is 130 Å². The molecule has 21 heavy (non-hydrogen) atoms. The normalized spacial score (nSPS) is 11.6. The second kappa shape index (κ2) is 4.59. The highest BCUT2D eigenvalue weighted by atomic mass is 35.5. The number of hydrogen-bond acceptors (Lipinski definition) is 0. The summed E-state index contributed by atoms with van der Waals surface area (Å²) in [4.78, 5) is 0. The van der Waals surface area contributed by atoms with Crippen LogP contribution in [-0.4, -0.2) is 0 Å². The molecule has 0 amide bonds. The van der Waals surface area contributed by atoms with Crippen molar-refractivity contribution in [3.05, 3.63) is 70.5 Å². The molecule has 0 nitrogen and oxygen atoms in total. The fourth-order valence-corrected chi connectivity index (χ4v) is 3.44. The summed E-state index contributed by atoms with van der Waals surface area (Å²) in [6.45, 7) is 0. The summed E-state index contributed by atoms with van der Waals surface area (Å²) in [5.41, 5.74) is 0. The molecular weight excluding hydrogens is 306 g/mol. The zero-order chi connectivity index (χ0) is 14.6. The molecule has 0 fully saturated rings. The molecule has 0 unspecified atom stereocenters. The number of fused-ring (bicyclic) bond motifs is 3. The number of halogens is 3. The Kier molecular flexibility index (Phi) is 2.81.